The smallest absolute Gasteiger partial charge is 0.263 e. The van der Waals surface area contributed by atoms with Crippen molar-refractivity contribution in [3.8, 4) is 5.75 Å². The van der Waals surface area contributed by atoms with Crippen LogP contribution in [0.15, 0.2) is 108 Å². The third-order valence-electron chi connectivity index (χ3n) is 8.88. The van der Waals surface area contributed by atoms with E-state index in [4.69, 9.17) is 16.3 Å². The molecule has 5 amide bonds. The molecule has 0 bridgehead atoms. The maximum atomic E-state index is 13.4. The van der Waals surface area contributed by atoms with Gasteiger partial charge in [-0.15, -0.1) is 23.4 Å². The van der Waals surface area contributed by atoms with Crippen LogP contribution in [0, 0.1) is 0 Å². The summed E-state index contributed by atoms with van der Waals surface area (Å²) in [5, 5.41) is 2.20. The second-order valence-corrected chi connectivity index (χ2v) is 13.5. The summed E-state index contributed by atoms with van der Waals surface area (Å²) < 4.78 is 6.01. The molecule has 1 atom stereocenters. The van der Waals surface area contributed by atoms with Crippen molar-refractivity contribution < 1.29 is 28.7 Å². The van der Waals surface area contributed by atoms with E-state index in [9.17, 15) is 24.0 Å². The first-order chi connectivity index (χ1) is 24.8. The van der Waals surface area contributed by atoms with Crippen LogP contribution in [0.2, 0.25) is 0 Å². The maximum absolute atomic E-state index is 13.4. The van der Waals surface area contributed by atoms with E-state index < -0.39 is 29.7 Å². The van der Waals surface area contributed by atoms with E-state index in [1.54, 1.807) is 24.1 Å². The van der Waals surface area contributed by atoms with Crippen LogP contribution in [0.25, 0.3) is 11.1 Å². The summed E-state index contributed by atoms with van der Waals surface area (Å²) in [7, 11) is 1.68. The predicted molar refractivity (Wildman–Crippen MR) is 198 cm³/mol. The number of amides is 5. The van der Waals surface area contributed by atoms with Crippen LogP contribution in [0.3, 0.4) is 0 Å². The number of piperidine rings is 1. The molecule has 0 saturated carbocycles. The Labute approximate surface area is 305 Å². The second kappa shape index (κ2) is 16.2. The van der Waals surface area contributed by atoms with Crippen molar-refractivity contribution in [3.63, 3.8) is 0 Å². The summed E-state index contributed by atoms with van der Waals surface area (Å²) in [6.07, 6.45) is 0.816. The minimum Gasteiger partial charge on any atom is -0.492 e. The molecule has 6 rings (SSSR count). The number of rotatable bonds is 13. The summed E-state index contributed by atoms with van der Waals surface area (Å²) in [6.45, 7) is 0.599. The molecule has 0 radical (unpaired) electrons. The Morgan fingerprint density at radius 1 is 0.863 bits per heavy atom. The van der Waals surface area contributed by atoms with Gasteiger partial charge in [0.1, 0.15) is 18.4 Å². The molecule has 2 aliphatic rings. The van der Waals surface area contributed by atoms with E-state index >= 15 is 0 Å². The van der Waals surface area contributed by atoms with Crippen LogP contribution in [-0.4, -0.2) is 77.2 Å². The lowest BCUT2D eigenvalue weighted by atomic mass is 9.88. The number of fused-ring (bicyclic) bond motifs is 1. The zero-order chi connectivity index (χ0) is 35.9. The molecule has 2 heterocycles. The van der Waals surface area contributed by atoms with Gasteiger partial charge in [-0.1, -0.05) is 78.9 Å². The molecule has 1 unspecified atom stereocenters. The topological polar surface area (TPSA) is 113 Å². The van der Waals surface area contributed by atoms with E-state index in [1.807, 2.05) is 60.7 Å². The van der Waals surface area contributed by atoms with Crippen LogP contribution in [0.4, 0.5) is 0 Å². The number of imide groups is 2. The summed E-state index contributed by atoms with van der Waals surface area (Å²) >= 11 is 7.44. The molecule has 4 aromatic carbocycles. The molecule has 1 saturated heterocycles. The first-order valence-corrected chi connectivity index (χ1v) is 18.1. The lowest BCUT2D eigenvalue weighted by Gasteiger charge is -2.27. The highest BCUT2D eigenvalue weighted by atomic mass is 35.5. The summed E-state index contributed by atoms with van der Waals surface area (Å²) in [6, 6.07) is 32.2. The minimum absolute atomic E-state index is 0.0299. The number of likely N-dealkylation sites (N-methyl/N-ethyl adjacent to an activating group) is 1. The number of carbonyl (C=O) groups excluding carboxylic acids is 5. The number of ether oxygens (including phenoxy) is 1. The molecule has 9 nitrogen and oxygen atoms in total. The molecule has 4 aromatic rings. The van der Waals surface area contributed by atoms with Gasteiger partial charge < -0.3 is 9.64 Å². The van der Waals surface area contributed by atoms with Crippen LogP contribution in [-0.2, 0) is 14.4 Å². The normalized spacial score (nSPS) is 16.0. The number of thioether (sulfide) groups is 1. The molecule has 1 N–H and O–H groups in total. The Balaban J connectivity index is 1.07. The molecule has 51 heavy (non-hydrogen) atoms. The fourth-order valence-electron chi connectivity index (χ4n) is 6.26. The molecule has 0 aliphatic carbocycles. The number of carbonyl (C=O) groups is 5. The van der Waals surface area contributed by atoms with E-state index in [1.165, 1.54) is 6.07 Å². The average Bonchev–Trinajstić information content (AvgIpc) is 3.40. The van der Waals surface area contributed by atoms with Gasteiger partial charge in [0.25, 0.3) is 11.8 Å². The Kier molecular flexibility index (Phi) is 11.3. The molecule has 260 valence electrons. The fourth-order valence-corrected chi connectivity index (χ4v) is 7.47. The summed E-state index contributed by atoms with van der Waals surface area (Å²) in [5.74, 6) is -1.28. The van der Waals surface area contributed by atoms with Crippen LogP contribution in [0.1, 0.15) is 56.7 Å². The Morgan fingerprint density at radius 2 is 1.53 bits per heavy atom. The van der Waals surface area contributed by atoms with Crippen molar-refractivity contribution in [2.75, 3.05) is 31.8 Å². The Bertz CT molecular complexity index is 1980. The van der Waals surface area contributed by atoms with E-state index in [-0.39, 0.29) is 42.2 Å². The fraction of sp³-hybridized carbons (Fsp3) is 0.225. The van der Waals surface area contributed by atoms with Crippen molar-refractivity contribution in [2.24, 2.45) is 0 Å². The molecule has 0 spiro atoms. The first kappa shape index (κ1) is 35.6. The SMILES string of the molecule is CN(CCOc1ccc(/C(=C(/CCCl)c2ccccc2)c2ccccc2)cc1)C(=O)CSc1cccc2c1C(=O)N(C1CCC(=O)NC1=O)C2=O. The number of hydrogen-bond acceptors (Lipinski definition) is 7. The highest BCUT2D eigenvalue weighted by Crippen LogP contribution is 2.36. The van der Waals surface area contributed by atoms with Crippen LogP contribution < -0.4 is 10.1 Å². The molecular formula is C40H36ClN3O6S. The predicted octanol–water partition coefficient (Wildman–Crippen LogP) is 6.31. The largest absolute Gasteiger partial charge is 0.492 e. The molecule has 2 aliphatic heterocycles. The number of alkyl halides is 1. The third-order valence-corrected chi connectivity index (χ3v) is 10.1. The summed E-state index contributed by atoms with van der Waals surface area (Å²) in [4.78, 5) is 66.6. The van der Waals surface area contributed by atoms with E-state index in [0.29, 0.717) is 29.5 Å². The Hall–Kier alpha value is -5.19. The van der Waals surface area contributed by atoms with Gasteiger partial charge >= 0.3 is 0 Å². The van der Waals surface area contributed by atoms with Gasteiger partial charge in [0.05, 0.1) is 23.4 Å². The zero-order valence-electron chi connectivity index (χ0n) is 28.0. The zero-order valence-corrected chi connectivity index (χ0v) is 29.5. The third kappa shape index (κ3) is 7.92. The number of allylic oxidation sites excluding steroid dienone is 1. The van der Waals surface area contributed by atoms with Crippen molar-refractivity contribution in [1.29, 1.82) is 0 Å². The van der Waals surface area contributed by atoms with Gasteiger partial charge in [0.2, 0.25) is 17.7 Å². The number of halogens is 1. The highest BCUT2D eigenvalue weighted by molar-refractivity contribution is 8.00. The lowest BCUT2D eigenvalue weighted by Crippen LogP contribution is -2.54. The number of nitrogens with one attached hydrogen (secondary N) is 1. The lowest BCUT2D eigenvalue weighted by molar-refractivity contribution is -0.136. The van der Waals surface area contributed by atoms with Gasteiger partial charge in [-0.05, 0) is 64.9 Å². The second-order valence-electron chi connectivity index (χ2n) is 12.1. The van der Waals surface area contributed by atoms with Crippen molar-refractivity contribution in [2.45, 2.75) is 30.2 Å². The van der Waals surface area contributed by atoms with Crippen LogP contribution >= 0.6 is 23.4 Å². The minimum atomic E-state index is -1.05. The van der Waals surface area contributed by atoms with Crippen molar-refractivity contribution in [3.05, 3.63) is 131 Å². The highest BCUT2D eigenvalue weighted by Gasteiger charge is 2.45. The monoisotopic (exact) mass is 721 g/mol. The number of hydrogen-bond donors (Lipinski definition) is 1. The van der Waals surface area contributed by atoms with Gasteiger partial charge in [0, 0.05) is 24.2 Å². The van der Waals surface area contributed by atoms with Crippen molar-refractivity contribution >= 4 is 64.0 Å². The summed E-state index contributed by atoms with van der Waals surface area (Å²) in [5.41, 5.74) is 5.86. The van der Waals surface area contributed by atoms with E-state index in [2.05, 4.69) is 29.6 Å². The van der Waals surface area contributed by atoms with Crippen LogP contribution in [0.5, 0.6) is 5.75 Å². The average molecular weight is 722 g/mol. The van der Waals surface area contributed by atoms with Gasteiger partial charge in [-0.2, -0.15) is 0 Å². The molecular weight excluding hydrogens is 686 g/mol. The quantitative estimate of drug-likeness (QED) is 0.0746. The molecule has 0 aromatic heterocycles. The number of benzene rings is 4. The first-order valence-electron chi connectivity index (χ1n) is 16.6. The standard InChI is InChI=1S/C40H36ClN3O6S/c1-43(35(46)25-51-33-14-8-13-31-37(33)40(49)44(39(31)48)32-19-20-34(45)42-38(32)47)23-24-50-29-17-15-28(16-18-29)36(27-11-6-3-7-12-27)30(21-22-41)26-9-4-2-5-10-26/h2-18,32H,19-25H2,1H3,(H,42,45,47)/b36-30-. The van der Waals surface area contributed by atoms with Crippen molar-refractivity contribution in [1.82, 2.24) is 15.1 Å². The van der Waals surface area contributed by atoms with Gasteiger partial charge in [0.15, 0.2) is 0 Å². The molecule has 11 heteroatoms. The Morgan fingerprint density at radius 3 is 2.20 bits per heavy atom. The van der Waals surface area contributed by atoms with Gasteiger partial charge in [-0.25, -0.2) is 0 Å². The van der Waals surface area contributed by atoms with E-state index in [0.717, 1.165) is 44.5 Å². The van der Waals surface area contributed by atoms with Gasteiger partial charge in [-0.3, -0.25) is 34.2 Å². The molecule has 1 fully saturated rings. The number of nitrogens with zero attached hydrogens (tertiary/aromatic N) is 2. The maximum Gasteiger partial charge on any atom is 0.263 e.